The Balaban J connectivity index is 1.36. The summed E-state index contributed by atoms with van der Waals surface area (Å²) in [5, 5.41) is 2.97. The summed E-state index contributed by atoms with van der Waals surface area (Å²) >= 11 is 0. The number of para-hydroxylation sites is 2. The number of methoxy groups -OCH3 is 1. The smallest absolute Gasteiger partial charge is 0.321 e. The third-order valence-corrected chi connectivity index (χ3v) is 5.94. The van der Waals surface area contributed by atoms with E-state index in [-0.39, 0.29) is 6.03 Å². The second-order valence-corrected chi connectivity index (χ2v) is 7.88. The number of imidazole rings is 1. The largest absolute Gasteiger partial charge is 0.495 e. The number of carbonyl (C=O) groups excluding carboxylic acids is 1. The SMILES string of the molecule is COc1ccccc1NC(=O)N1CCC(Cn2cnc3cc(C)c(C)cc32)CC1. The highest BCUT2D eigenvalue weighted by molar-refractivity contribution is 5.91. The van der Waals surface area contributed by atoms with Crippen molar-refractivity contribution >= 4 is 22.8 Å². The Bertz CT molecular complexity index is 1020. The number of benzene rings is 2. The third kappa shape index (κ3) is 4.06. The fraction of sp³-hybridized carbons (Fsp3) is 0.391. The molecule has 0 saturated carbocycles. The van der Waals surface area contributed by atoms with Crippen molar-refractivity contribution in [2.24, 2.45) is 5.92 Å². The summed E-state index contributed by atoms with van der Waals surface area (Å²) in [7, 11) is 1.61. The van der Waals surface area contributed by atoms with E-state index in [1.165, 1.54) is 16.6 Å². The molecule has 3 aromatic rings. The molecule has 1 N–H and O–H groups in total. The second kappa shape index (κ2) is 8.15. The van der Waals surface area contributed by atoms with Gasteiger partial charge in [0.05, 0.1) is 30.2 Å². The third-order valence-electron chi connectivity index (χ3n) is 5.94. The zero-order valence-electron chi connectivity index (χ0n) is 17.3. The summed E-state index contributed by atoms with van der Waals surface area (Å²) < 4.78 is 7.58. The number of rotatable bonds is 4. The summed E-state index contributed by atoms with van der Waals surface area (Å²) in [5.74, 6) is 1.22. The Morgan fingerprint density at radius 2 is 1.90 bits per heavy atom. The van der Waals surface area contributed by atoms with Gasteiger partial charge in [-0.2, -0.15) is 0 Å². The molecule has 6 heteroatoms. The molecule has 1 saturated heterocycles. The first kappa shape index (κ1) is 19.3. The lowest BCUT2D eigenvalue weighted by Gasteiger charge is -2.32. The van der Waals surface area contributed by atoms with Crippen LogP contribution in [0.3, 0.4) is 0 Å². The van der Waals surface area contributed by atoms with Gasteiger partial charge < -0.3 is 19.5 Å². The van der Waals surface area contributed by atoms with Gasteiger partial charge in [0.1, 0.15) is 5.75 Å². The van der Waals surface area contributed by atoms with Gasteiger partial charge in [-0.1, -0.05) is 12.1 Å². The van der Waals surface area contributed by atoms with E-state index >= 15 is 0 Å². The number of piperidine rings is 1. The summed E-state index contributed by atoms with van der Waals surface area (Å²) in [6.07, 6.45) is 3.93. The van der Waals surface area contributed by atoms with Crippen LogP contribution in [-0.4, -0.2) is 40.7 Å². The van der Waals surface area contributed by atoms with Crippen LogP contribution in [-0.2, 0) is 6.54 Å². The minimum Gasteiger partial charge on any atom is -0.495 e. The Morgan fingerprint density at radius 1 is 1.17 bits per heavy atom. The van der Waals surface area contributed by atoms with Crippen molar-refractivity contribution in [1.29, 1.82) is 0 Å². The van der Waals surface area contributed by atoms with Crippen molar-refractivity contribution < 1.29 is 9.53 Å². The van der Waals surface area contributed by atoms with Gasteiger partial charge in [-0.3, -0.25) is 0 Å². The number of hydrogen-bond acceptors (Lipinski definition) is 3. The first-order valence-electron chi connectivity index (χ1n) is 10.2. The molecule has 4 rings (SSSR count). The molecule has 0 spiro atoms. The maximum absolute atomic E-state index is 12.6. The number of hydrogen-bond donors (Lipinski definition) is 1. The van der Waals surface area contributed by atoms with Gasteiger partial charge in [0, 0.05) is 19.6 Å². The molecule has 2 aromatic carbocycles. The van der Waals surface area contributed by atoms with E-state index in [2.05, 4.69) is 40.8 Å². The quantitative estimate of drug-likeness (QED) is 0.706. The lowest BCUT2D eigenvalue weighted by Crippen LogP contribution is -2.41. The predicted molar refractivity (Wildman–Crippen MR) is 116 cm³/mol. The van der Waals surface area contributed by atoms with Crippen LogP contribution in [0.5, 0.6) is 5.75 Å². The van der Waals surface area contributed by atoms with Crippen molar-refractivity contribution in [3.05, 3.63) is 53.9 Å². The van der Waals surface area contributed by atoms with Gasteiger partial charge in [-0.05, 0) is 68.0 Å². The molecule has 2 amide bonds. The number of urea groups is 1. The monoisotopic (exact) mass is 392 g/mol. The molecule has 1 fully saturated rings. The average Bonchev–Trinajstić information content (AvgIpc) is 3.10. The number of anilines is 1. The molecule has 2 heterocycles. The number of aryl methyl sites for hydroxylation is 2. The maximum Gasteiger partial charge on any atom is 0.321 e. The number of carbonyl (C=O) groups is 1. The Kier molecular flexibility index (Phi) is 5.43. The standard InChI is InChI=1S/C23H28N4O2/c1-16-12-20-21(13-17(16)2)27(15-24-20)14-18-8-10-26(11-9-18)23(28)25-19-6-4-5-7-22(19)29-3/h4-7,12-13,15,18H,8-11,14H2,1-3H3,(H,25,28). The fourth-order valence-corrected chi connectivity index (χ4v) is 4.00. The molecule has 1 aliphatic rings. The van der Waals surface area contributed by atoms with E-state index in [1.807, 2.05) is 35.5 Å². The lowest BCUT2D eigenvalue weighted by atomic mass is 9.97. The number of likely N-dealkylation sites (tertiary alicyclic amines) is 1. The number of nitrogens with one attached hydrogen (secondary N) is 1. The number of nitrogens with zero attached hydrogens (tertiary/aromatic N) is 3. The van der Waals surface area contributed by atoms with E-state index in [4.69, 9.17) is 4.74 Å². The topological polar surface area (TPSA) is 59.4 Å². The van der Waals surface area contributed by atoms with Crippen molar-refractivity contribution in [2.75, 3.05) is 25.5 Å². The molecule has 1 aliphatic heterocycles. The average molecular weight is 393 g/mol. The van der Waals surface area contributed by atoms with Crippen LogP contribution in [0, 0.1) is 19.8 Å². The van der Waals surface area contributed by atoms with Gasteiger partial charge in [0.25, 0.3) is 0 Å². The number of ether oxygens (including phenoxy) is 1. The first-order chi connectivity index (χ1) is 14.0. The molecular weight excluding hydrogens is 364 g/mol. The number of aromatic nitrogens is 2. The van der Waals surface area contributed by atoms with Crippen LogP contribution < -0.4 is 10.1 Å². The van der Waals surface area contributed by atoms with Crippen LogP contribution in [0.4, 0.5) is 10.5 Å². The molecule has 0 atom stereocenters. The van der Waals surface area contributed by atoms with E-state index in [1.54, 1.807) is 7.11 Å². The van der Waals surface area contributed by atoms with E-state index < -0.39 is 0 Å². The normalized spacial score (nSPS) is 14.9. The van der Waals surface area contributed by atoms with Crippen molar-refractivity contribution in [3.63, 3.8) is 0 Å². The maximum atomic E-state index is 12.6. The molecule has 0 aliphatic carbocycles. The zero-order chi connectivity index (χ0) is 20.4. The summed E-state index contributed by atoms with van der Waals surface area (Å²) in [6.45, 7) is 6.73. The lowest BCUT2D eigenvalue weighted by molar-refractivity contribution is 0.177. The number of amides is 2. The van der Waals surface area contributed by atoms with Gasteiger partial charge in [-0.25, -0.2) is 9.78 Å². The second-order valence-electron chi connectivity index (χ2n) is 7.88. The van der Waals surface area contributed by atoms with Crippen LogP contribution in [0.2, 0.25) is 0 Å². The minimum atomic E-state index is -0.0628. The molecule has 152 valence electrons. The van der Waals surface area contributed by atoms with E-state index in [9.17, 15) is 4.79 Å². The molecular formula is C23H28N4O2. The van der Waals surface area contributed by atoms with Crippen LogP contribution in [0.25, 0.3) is 11.0 Å². The van der Waals surface area contributed by atoms with E-state index in [0.717, 1.165) is 38.0 Å². The fourth-order valence-electron chi connectivity index (χ4n) is 4.00. The van der Waals surface area contributed by atoms with Crippen molar-refractivity contribution in [3.8, 4) is 5.75 Å². The van der Waals surface area contributed by atoms with Gasteiger partial charge >= 0.3 is 6.03 Å². The molecule has 0 unspecified atom stereocenters. The van der Waals surface area contributed by atoms with Crippen LogP contribution in [0.1, 0.15) is 24.0 Å². The van der Waals surface area contributed by atoms with Crippen molar-refractivity contribution in [1.82, 2.24) is 14.5 Å². The highest BCUT2D eigenvalue weighted by Gasteiger charge is 2.24. The van der Waals surface area contributed by atoms with Gasteiger partial charge in [-0.15, -0.1) is 0 Å². The Hall–Kier alpha value is -3.02. The first-order valence-corrected chi connectivity index (χ1v) is 10.2. The predicted octanol–water partition coefficient (Wildman–Crippen LogP) is 4.61. The Morgan fingerprint density at radius 3 is 2.66 bits per heavy atom. The van der Waals surface area contributed by atoms with Crippen molar-refractivity contribution in [2.45, 2.75) is 33.2 Å². The highest BCUT2D eigenvalue weighted by atomic mass is 16.5. The van der Waals surface area contributed by atoms with Gasteiger partial charge in [0.2, 0.25) is 0 Å². The minimum absolute atomic E-state index is 0.0628. The van der Waals surface area contributed by atoms with Gasteiger partial charge in [0.15, 0.2) is 0 Å². The molecule has 0 radical (unpaired) electrons. The highest BCUT2D eigenvalue weighted by Crippen LogP contribution is 2.26. The van der Waals surface area contributed by atoms with E-state index in [0.29, 0.717) is 17.4 Å². The summed E-state index contributed by atoms with van der Waals surface area (Å²) in [4.78, 5) is 19.1. The molecule has 29 heavy (non-hydrogen) atoms. The molecule has 0 bridgehead atoms. The zero-order valence-corrected chi connectivity index (χ0v) is 17.3. The van der Waals surface area contributed by atoms with Crippen LogP contribution in [0.15, 0.2) is 42.7 Å². The summed E-state index contributed by atoms with van der Waals surface area (Å²) in [5.41, 5.74) is 5.53. The number of fused-ring (bicyclic) bond motifs is 1. The van der Waals surface area contributed by atoms with Crippen LogP contribution >= 0.6 is 0 Å². The Labute approximate surface area is 171 Å². The molecule has 1 aromatic heterocycles. The summed E-state index contributed by atoms with van der Waals surface area (Å²) in [6, 6.07) is 11.8. The molecule has 6 nitrogen and oxygen atoms in total.